The zero-order chi connectivity index (χ0) is 26.2. The number of thioether (sulfide) groups is 1. The van der Waals surface area contributed by atoms with Gasteiger partial charge in [0, 0.05) is 30.0 Å². The number of unbranched alkanes of at least 4 members (excludes halogenated alkanes) is 4. The number of pyridine rings is 1. The van der Waals surface area contributed by atoms with Gasteiger partial charge in [0.05, 0.1) is 16.1 Å². The summed E-state index contributed by atoms with van der Waals surface area (Å²) < 4.78 is 2.40. The first-order chi connectivity index (χ1) is 18.0. The van der Waals surface area contributed by atoms with E-state index >= 15 is 0 Å². The molecule has 3 aromatic rings. The third kappa shape index (κ3) is 6.76. The van der Waals surface area contributed by atoms with Crippen LogP contribution in [0.25, 0.3) is 17.0 Å². The number of para-hydroxylation sites is 1. The van der Waals surface area contributed by atoms with E-state index in [2.05, 4.69) is 117 Å². The predicted molar refractivity (Wildman–Crippen MR) is 163 cm³/mol. The van der Waals surface area contributed by atoms with Gasteiger partial charge in [-0.2, -0.15) is 4.57 Å². The van der Waals surface area contributed by atoms with E-state index in [1.807, 2.05) is 11.8 Å². The first-order valence-electron chi connectivity index (χ1n) is 14.1. The Morgan fingerprint density at radius 1 is 0.946 bits per heavy atom. The molecule has 2 aromatic carbocycles. The minimum atomic E-state index is 1.08. The average molecular weight is 512 g/mol. The zero-order valence-electron chi connectivity index (χ0n) is 23.4. The van der Waals surface area contributed by atoms with E-state index in [1.165, 1.54) is 87.3 Å². The van der Waals surface area contributed by atoms with Crippen molar-refractivity contribution in [3.63, 3.8) is 0 Å². The van der Waals surface area contributed by atoms with Crippen LogP contribution in [0.1, 0.15) is 76.0 Å². The molecule has 0 amide bonds. The van der Waals surface area contributed by atoms with Gasteiger partial charge in [0.1, 0.15) is 6.54 Å². The molecule has 0 fully saturated rings. The fourth-order valence-electron chi connectivity index (χ4n) is 4.89. The minimum Gasteiger partial charge on any atom is -0.335 e. The van der Waals surface area contributed by atoms with Gasteiger partial charge in [-0.05, 0) is 74.6 Å². The molecule has 3 heteroatoms. The molecule has 0 N–H and O–H groups in total. The van der Waals surface area contributed by atoms with Crippen LogP contribution >= 0.6 is 11.8 Å². The van der Waals surface area contributed by atoms with Gasteiger partial charge in [0.25, 0.3) is 0 Å². The molecule has 1 aromatic heterocycles. The normalized spacial score (nSPS) is 14.9. The van der Waals surface area contributed by atoms with E-state index in [-0.39, 0.29) is 0 Å². The summed E-state index contributed by atoms with van der Waals surface area (Å²) in [6.07, 6.45) is 18.9. The van der Waals surface area contributed by atoms with E-state index in [1.54, 1.807) is 0 Å². The summed E-state index contributed by atoms with van der Waals surface area (Å²) in [5.74, 6) is 0. The van der Waals surface area contributed by atoms with Crippen LogP contribution in [-0.2, 0) is 6.54 Å². The Kier molecular flexibility index (Phi) is 9.68. The van der Waals surface area contributed by atoms with Gasteiger partial charge in [0.2, 0.25) is 5.52 Å². The van der Waals surface area contributed by atoms with Crippen molar-refractivity contribution in [1.29, 1.82) is 0 Å². The van der Waals surface area contributed by atoms with Crippen molar-refractivity contribution in [2.24, 2.45) is 0 Å². The van der Waals surface area contributed by atoms with Crippen LogP contribution < -0.4 is 9.47 Å². The Balaban J connectivity index is 1.55. The lowest BCUT2D eigenvalue weighted by molar-refractivity contribution is -0.671. The Labute approximate surface area is 228 Å². The first kappa shape index (κ1) is 27.3. The predicted octanol–water partition coefficient (Wildman–Crippen LogP) is 9.54. The van der Waals surface area contributed by atoms with Crippen LogP contribution in [0, 0.1) is 13.8 Å². The van der Waals surface area contributed by atoms with Crippen LogP contribution in [-0.4, -0.2) is 6.54 Å². The van der Waals surface area contributed by atoms with Gasteiger partial charge in [-0.15, -0.1) is 0 Å². The van der Waals surface area contributed by atoms with Crippen molar-refractivity contribution in [1.82, 2.24) is 0 Å². The second kappa shape index (κ2) is 13.1. The monoisotopic (exact) mass is 511 g/mol. The number of fused-ring (bicyclic) bond motifs is 2. The SMILES string of the molecule is CCCCCN1C(=CC=C(C)C=Cc2cc[n+](CCCCC)c3ccccc23)Sc2cc(C)c(C)cc21. The number of rotatable bonds is 11. The van der Waals surface area contributed by atoms with E-state index in [0.29, 0.717) is 0 Å². The number of aryl methyl sites for hydroxylation is 3. The summed E-state index contributed by atoms with van der Waals surface area (Å²) in [4.78, 5) is 3.91. The van der Waals surface area contributed by atoms with Gasteiger partial charge < -0.3 is 4.90 Å². The Morgan fingerprint density at radius 3 is 2.51 bits per heavy atom. The molecule has 4 rings (SSSR count). The summed E-state index contributed by atoms with van der Waals surface area (Å²) >= 11 is 1.91. The van der Waals surface area contributed by atoms with Gasteiger partial charge in [0.15, 0.2) is 6.20 Å². The molecule has 0 atom stereocenters. The van der Waals surface area contributed by atoms with Crippen molar-refractivity contribution in [2.75, 3.05) is 11.4 Å². The van der Waals surface area contributed by atoms with Crippen molar-refractivity contribution in [3.05, 3.63) is 94.2 Å². The number of hydrogen-bond donors (Lipinski definition) is 0. The maximum Gasteiger partial charge on any atom is 0.213 e. The topological polar surface area (TPSA) is 7.12 Å². The lowest BCUT2D eigenvalue weighted by Crippen LogP contribution is -2.34. The first-order valence-corrected chi connectivity index (χ1v) is 14.9. The number of aromatic nitrogens is 1. The van der Waals surface area contributed by atoms with Crippen molar-refractivity contribution in [3.8, 4) is 0 Å². The minimum absolute atomic E-state index is 1.08. The maximum absolute atomic E-state index is 2.53. The van der Waals surface area contributed by atoms with Crippen molar-refractivity contribution >= 4 is 34.4 Å². The second-order valence-corrected chi connectivity index (χ2v) is 11.4. The van der Waals surface area contributed by atoms with Crippen molar-refractivity contribution in [2.45, 2.75) is 84.6 Å². The summed E-state index contributed by atoms with van der Waals surface area (Å²) in [5, 5.41) is 2.65. The van der Waals surface area contributed by atoms with E-state index in [0.717, 1.165) is 13.1 Å². The van der Waals surface area contributed by atoms with Gasteiger partial charge in [-0.3, -0.25) is 0 Å². The smallest absolute Gasteiger partial charge is 0.213 e. The van der Waals surface area contributed by atoms with Crippen LogP contribution in [0.2, 0.25) is 0 Å². The number of nitrogens with zero attached hydrogens (tertiary/aromatic N) is 2. The summed E-state index contributed by atoms with van der Waals surface area (Å²) in [6, 6.07) is 15.8. The quantitative estimate of drug-likeness (QED) is 0.144. The molecule has 0 radical (unpaired) electrons. The molecule has 0 spiro atoms. The van der Waals surface area contributed by atoms with Crippen LogP contribution in [0.5, 0.6) is 0 Å². The van der Waals surface area contributed by atoms with Gasteiger partial charge in [-0.25, -0.2) is 0 Å². The van der Waals surface area contributed by atoms with Crippen LogP contribution in [0.3, 0.4) is 0 Å². The summed E-state index contributed by atoms with van der Waals surface area (Å²) in [6.45, 7) is 13.3. The molecular formula is C34H43N2S+. The molecule has 1 aliphatic rings. The zero-order valence-corrected chi connectivity index (χ0v) is 24.2. The van der Waals surface area contributed by atoms with E-state index in [4.69, 9.17) is 0 Å². The highest BCUT2D eigenvalue weighted by Crippen LogP contribution is 2.47. The molecule has 1 aliphatic heterocycles. The number of benzene rings is 2. The summed E-state index contributed by atoms with van der Waals surface area (Å²) in [5.41, 5.74) is 7.97. The Hall–Kier alpha value is -2.78. The highest BCUT2D eigenvalue weighted by Gasteiger charge is 2.25. The van der Waals surface area contributed by atoms with E-state index in [9.17, 15) is 0 Å². The Bertz CT molecular complexity index is 1310. The van der Waals surface area contributed by atoms with Crippen LogP contribution in [0.15, 0.2) is 82.4 Å². The molecule has 2 heterocycles. The molecule has 0 unspecified atom stereocenters. The molecule has 0 bridgehead atoms. The fourth-order valence-corrected chi connectivity index (χ4v) is 6.06. The number of hydrogen-bond acceptors (Lipinski definition) is 2. The molecule has 194 valence electrons. The second-order valence-electron chi connectivity index (χ2n) is 10.3. The highest BCUT2D eigenvalue weighted by atomic mass is 32.2. The van der Waals surface area contributed by atoms with Crippen molar-refractivity contribution < 1.29 is 4.57 Å². The average Bonchev–Trinajstić information content (AvgIpc) is 3.23. The maximum atomic E-state index is 2.53. The van der Waals surface area contributed by atoms with Crippen LogP contribution in [0.4, 0.5) is 5.69 Å². The fraction of sp³-hybridized carbons (Fsp3) is 0.382. The molecule has 37 heavy (non-hydrogen) atoms. The third-order valence-electron chi connectivity index (χ3n) is 7.31. The lowest BCUT2D eigenvalue weighted by Gasteiger charge is -2.21. The number of allylic oxidation sites excluding steroid dienone is 4. The Morgan fingerprint density at radius 2 is 1.70 bits per heavy atom. The molecule has 2 nitrogen and oxygen atoms in total. The standard InChI is InChI=1S/C34H43N2S/c1-6-8-12-21-35-23-20-29(30-14-10-11-15-31(30)35)18-16-26(3)17-19-34-36(22-13-9-7-2)32-24-27(4)28(5)25-33(32)37-34/h10-11,14-20,23-25H,6-9,12-13,21-22H2,1-5H3/q+1. The largest absolute Gasteiger partial charge is 0.335 e. The van der Waals surface area contributed by atoms with Gasteiger partial charge >= 0.3 is 0 Å². The molecule has 0 saturated carbocycles. The van der Waals surface area contributed by atoms with E-state index < -0.39 is 0 Å². The number of anilines is 1. The summed E-state index contributed by atoms with van der Waals surface area (Å²) in [7, 11) is 0. The molecule has 0 saturated heterocycles. The molecular weight excluding hydrogens is 468 g/mol. The molecule has 0 aliphatic carbocycles. The lowest BCUT2D eigenvalue weighted by atomic mass is 10.1. The highest BCUT2D eigenvalue weighted by molar-refractivity contribution is 8.03. The van der Waals surface area contributed by atoms with Gasteiger partial charge in [-0.1, -0.05) is 80.8 Å². The third-order valence-corrected chi connectivity index (χ3v) is 8.42.